The van der Waals surface area contributed by atoms with E-state index in [0.717, 1.165) is 43.7 Å². The molecule has 144 valence electrons. The maximum absolute atomic E-state index is 5.60. The van der Waals surface area contributed by atoms with Gasteiger partial charge in [-0.1, -0.05) is 12.8 Å². The van der Waals surface area contributed by atoms with Crippen LogP contribution in [0, 0.1) is 12.3 Å². The Morgan fingerprint density at radius 2 is 2.08 bits per heavy atom. The molecule has 5 nitrogen and oxygen atoms in total. The Kier molecular flexibility index (Phi) is 10.9. The Bertz CT molecular complexity index is 515. The lowest BCUT2D eigenvalue weighted by Crippen LogP contribution is -2.43. The summed E-state index contributed by atoms with van der Waals surface area (Å²) in [6, 6.07) is 0. The van der Waals surface area contributed by atoms with E-state index >= 15 is 0 Å². The van der Waals surface area contributed by atoms with Crippen molar-refractivity contribution in [2.45, 2.75) is 59.4 Å². The summed E-state index contributed by atoms with van der Waals surface area (Å²) in [6.07, 6.45) is 8.32. The van der Waals surface area contributed by atoms with Gasteiger partial charge in [0.1, 0.15) is 0 Å². The Labute approximate surface area is 173 Å². The van der Waals surface area contributed by atoms with Crippen LogP contribution in [-0.2, 0) is 11.3 Å². The average molecular weight is 480 g/mol. The van der Waals surface area contributed by atoms with Gasteiger partial charge in [-0.05, 0) is 45.4 Å². The number of hydrogen-bond donors (Lipinski definition) is 2. The molecule has 0 aliphatic heterocycles. The van der Waals surface area contributed by atoms with Crippen LogP contribution in [0.4, 0.5) is 0 Å². The zero-order valence-corrected chi connectivity index (χ0v) is 18.9. The van der Waals surface area contributed by atoms with E-state index in [-0.39, 0.29) is 24.0 Å². The predicted molar refractivity (Wildman–Crippen MR) is 117 cm³/mol. The number of aryl methyl sites for hydroxylation is 1. The number of aliphatic imine (C=N–C) groups is 1. The van der Waals surface area contributed by atoms with Crippen molar-refractivity contribution in [1.29, 1.82) is 0 Å². The van der Waals surface area contributed by atoms with Crippen LogP contribution in [0.2, 0.25) is 0 Å². The van der Waals surface area contributed by atoms with Crippen molar-refractivity contribution in [2.75, 3.05) is 26.3 Å². The van der Waals surface area contributed by atoms with E-state index in [4.69, 9.17) is 9.73 Å². The first-order chi connectivity index (χ1) is 11.7. The molecule has 1 saturated carbocycles. The zero-order chi connectivity index (χ0) is 17.3. The highest BCUT2D eigenvalue weighted by atomic mass is 127. The summed E-state index contributed by atoms with van der Waals surface area (Å²) in [5, 5.41) is 8.03. The van der Waals surface area contributed by atoms with Gasteiger partial charge in [0.25, 0.3) is 0 Å². The molecule has 1 aliphatic rings. The number of nitrogens with zero attached hydrogens (tertiary/aromatic N) is 2. The summed E-state index contributed by atoms with van der Waals surface area (Å²) in [6.45, 7) is 10.4. The molecule has 1 aromatic heterocycles. The molecule has 0 amide bonds. The number of rotatable bonds is 9. The molecule has 1 heterocycles. The van der Waals surface area contributed by atoms with Crippen molar-refractivity contribution in [3.8, 4) is 0 Å². The minimum atomic E-state index is 0. The van der Waals surface area contributed by atoms with Crippen molar-refractivity contribution in [1.82, 2.24) is 15.6 Å². The number of hydrogen-bond acceptors (Lipinski definition) is 4. The van der Waals surface area contributed by atoms with E-state index in [1.165, 1.54) is 30.6 Å². The molecular weight excluding hydrogens is 447 g/mol. The highest BCUT2D eigenvalue weighted by Crippen LogP contribution is 2.40. The van der Waals surface area contributed by atoms with Gasteiger partial charge < -0.3 is 15.4 Å². The Morgan fingerprint density at radius 3 is 2.68 bits per heavy atom. The second-order valence-electron chi connectivity index (χ2n) is 6.55. The number of nitrogens with one attached hydrogen (secondary N) is 2. The third-order valence-electron chi connectivity index (χ3n) is 4.68. The number of aromatic nitrogens is 1. The topological polar surface area (TPSA) is 58.5 Å². The van der Waals surface area contributed by atoms with Crippen LogP contribution in [0.15, 0.2) is 11.2 Å². The molecule has 1 fully saturated rings. The highest BCUT2D eigenvalue weighted by molar-refractivity contribution is 14.0. The number of halogens is 1. The number of guanidine groups is 1. The zero-order valence-electron chi connectivity index (χ0n) is 15.8. The first-order valence-corrected chi connectivity index (χ1v) is 10.0. The van der Waals surface area contributed by atoms with Crippen molar-refractivity contribution in [3.05, 3.63) is 16.1 Å². The van der Waals surface area contributed by atoms with E-state index in [1.807, 2.05) is 13.1 Å². The van der Waals surface area contributed by atoms with Crippen molar-refractivity contribution >= 4 is 41.3 Å². The van der Waals surface area contributed by atoms with Crippen LogP contribution >= 0.6 is 35.3 Å². The molecule has 0 spiro atoms. The van der Waals surface area contributed by atoms with Gasteiger partial charge in [0.15, 0.2) is 5.96 Å². The van der Waals surface area contributed by atoms with Crippen molar-refractivity contribution in [3.63, 3.8) is 0 Å². The predicted octanol–water partition coefficient (Wildman–Crippen LogP) is 4.11. The molecule has 0 atom stereocenters. The SMILES string of the molecule is CCNC(=NCc1cnc(C)s1)NCC1(CCOCC)CCCC1.I. The largest absolute Gasteiger partial charge is 0.382 e. The van der Waals surface area contributed by atoms with Crippen molar-refractivity contribution < 1.29 is 4.74 Å². The molecule has 0 bridgehead atoms. The second-order valence-corrected chi connectivity index (χ2v) is 7.87. The fourth-order valence-corrected chi connectivity index (χ4v) is 4.04. The third-order valence-corrected chi connectivity index (χ3v) is 5.58. The first-order valence-electron chi connectivity index (χ1n) is 9.19. The van der Waals surface area contributed by atoms with Gasteiger partial charge in [0.05, 0.1) is 11.6 Å². The maximum atomic E-state index is 5.60. The quantitative estimate of drug-likeness (QED) is 0.242. The summed E-state index contributed by atoms with van der Waals surface area (Å²) in [5.41, 5.74) is 0.367. The maximum Gasteiger partial charge on any atom is 0.191 e. The monoisotopic (exact) mass is 480 g/mol. The molecule has 7 heteroatoms. The molecule has 0 unspecified atom stereocenters. The van der Waals surface area contributed by atoms with E-state index in [0.29, 0.717) is 12.0 Å². The Hall–Kier alpha value is -0.410. The van der Waals surface area contributed by atoms with E-state index in [9.17, 15) is 0 Å². The van der Waals surface area contributed by atoms with Crippen molar-refractivity contribution in [2.24, 2.45) is 10.4 Å². The van der Waals surface area contributed by atoms with Gasteiger partial charge in [-0.25, -0.2) is 9.98 Å². The van der Waals surface area contributed by atoms with E-state index in [1.54, 1.807) is 11.3 Å². The highest BCUT2D eigenvalue weighted by Gasteiger charge is 2.33. The van der Waals surface area contributed by atoms with Gasteiger partial charge >= 0.3 is 0 Å². The lowest BCUT2D eigenvalue weighted by molar-refractivity contribution is 0.105. The van der Waals surface area contributed by atoms with Crippen LogP contribution < -0.4 is 10.6 Å². The summed E-state index contributed by atoms with van der Waals surface area (Å²) < 4.78 is 5.60. The second kappa shape index (κ2) is 12.1. The van der Waals surface area contributed by atoms with Crippen LogP contribution in [0.25, 0.3) is 0 Å². The summed E-state index contributed by atoms with van der Waals surface area (Å²) in [5.74, 6) is 0.909. The minimum absolute atomic E-state index is 0. The van der Waals surface area contributed by atoms with Gasteiger partial charge in [-0.2, -0.15) is 0 Å². The molecule has 2 N–H and O–H groups in total. The molecule has 0 saturated heterocycles. The summed E-state index contributed by atoms with van der Waals surface area (Å²) in [7, 11) is 0. The first kappa shape index (κ1) is 22.6. The lowest BCUT2D eigenvalue weighted by atomic mass is 9.83. The van der Waals surface area contributed by atoms with Crippen LogP contribution in [0.1, 0.15) is 55.8 Å². The van der Waals surface area contributed by atoms with Gasteiger partial charge in [-0.15, -0.1) is 35.3 Å². The van der Waals surface area contributed by atoms with E-state index in [2.05, 4.69) is 29.5 Å². The van der Waals surface area contributed by atoms with Crippen LogP contribution in [0.5, 0.6) is 0 Å². The number of ether oxygens (including phenoxy) is 1. The Morgan fingerprint density at radius 1 is 1.32 bits per heavy atom. The smallest absolute Gasteiger partial charge is 0.191 e. The Balaban J connectivity index is 0.00000312. The third kappa shape index (κ3) is 7.78. The molecular formula is C18H33IN4OS. The van der Waals surface area contributed by atoms with Crippen LogP contribution in [0.3, 0.4) is 0 Å². The fourth-order valence-electron chi connectivity index (χ4n) is 3.32. The summed E-state index contributed by atoms with van der Waals surface area (Å²) >= 11 is 1.71. The fraction of sp³-hybridized carbons (Fsp3) is 0.778. The molecule has 25 heavy (non-hydrogen) atoms. The molecule has 1 aliphatic carbocycles. The molecule has 1 aromatic rings. The van der Waals surface area contributed by atoms with Crippen LogP contribution in [-0.4, -0.2) is 37.2 Å². The minimum Gasteiger partial charge on any atom is -0.382 e. The van der Waals surface area contributed by atoms with E-state index < -0.39 is 0 Å². The normalized spacial score (nSPS) is 16.5. The van der Waals surface area contributed by atoms with Gasteiger partial charge in [0.2, 0.25) is 0 Å². The average Bonchev–Trinajstić information content (AvgIpc) is 3.20. The summed E-state index contributed by atoms with van der Waals surface area (Å²) in [4.78, 5) is 10.2. The molecule has 0 radical (unpaired) electrons. The lowest BCUT2D eigenvalue weighted by Gasteiger charge is -2.30. The molecule has 0 aromatic carbocycles. The molecule has 2 rings (SSSR count). The number of thiazole rings is 1. The van der Waals surface area contributed by atoms with Gasteiger partial charge in [-0.3, -0.25) is 0 Å². The standard InChI is InChI=1S/C18H32N4OS.HI/c1-4-19-17(21-13-16-12-20-15(3)24-16)22-14-18(8-6-7-9-18)10-11-23-5-2;/h12H,4-11,13-14H2,1-3H3,(H2,19,21,22);1H. The van der Waals surface area contributed by atoms with Gasteiger partial charge in [0, 0.05) is 37.4 Å².